The Labute approximate surface area is 110 Å². The number of rotatable bonds is 1. The van der Waals surface area contributed by atoms with Gasteiger partial charge in [-0.05, 0) is 13.8 Å². The minimum absolute atomic E-state index is 0.00196. The van der Waals surface area contributed by atoms with Crippen LogP contribution in [0.2, 0.25) is 0 Å². The van der Waals surface area contributed by atoms with Gasteiger partial charge in [0.15, 0.2) is 0 Å². The molecule has 2 unspecified atom stereocenters. The highest BCUT2D eigenvalue weighted by Crippen LogP contribution is 2.11. The number of carbonyl (C=O) groups is 1. The number of aromatic nitrogens is 2. The third kappa shape index (κ3) is 2.33. The van der Waals surface area contributed by atoms with Crippen molar-refractivity contribution >= 4 is 5.91 Å². The molecule has 2 rings (SSSR count). The van der Waals surface area contributed by atoms with Crippen LogP contribution in [0, 0.1) is 0 Å². The molecular weight excluding hydrogens is 248 g/mol. The number of nitrogens with one attached hydrogen (secondary N) is 2. The first-order chi connectivity index (χ1) is 8.93. The SMILES string of the molecule is CC1NCCN(C(=O)c2c[nH]c(=O)n(C)c2=O)C1C. The molecule has 1 aromatic heterocycles. The van der Waals surface area contributed by atoms with E-state index in [0.717, 1.165) is 4.57 Å². The molecule has 1 fully saturated rings. The van der Waals surface area contributed by atoms with Gasteiger partial charge in [-0.2, -0.15) is 0 Å². The summed E-state index contributed by atoms with van der Waals surface area (Å²) in [7, 11) is 1.35. The summed E-state index contributed by atoms with van der Waals surface area (Å²) in [4.78, 5) is 39.7. The van der Waals surface area contributed by atoms with E-state index in [1.54, 1.807) is 4.90 Å². The van der Waals surface area contributed by atoms with Crippen LogP contribution in [0.15, 0.2) is 15.8 Å². The zero-order chi connectivity index (χ0) is 14.2. The van der Waals surface area contributed by atoms with Crippen molar-refractivity contribution < 1.29 is 4.79 Å². The topological polar surface area (TPSA) is 87.2 Å². The highest BCUT2D eigenvalue weighted by molar-refractivity contribution is 5.93. The smallest absolute Gasteiger partial charge is 0.328 e. The lowest BCUT2D eigenvalue weighted by Crippen LogP contribution is -2.58. The van der Waals surface area contributed by atoms with Crippen LogP contribution in [-0.2, 0) is 7.05 Å². The van der Waals surface area contributed by atoms with E-state index in [0.29, 0.717) is 13.1 Å². The van der Waals surface area contributed by atoms with E-state index in [1.807, 2.05) is 13.8 Å². The number of hydrogen-bond acceptors (Lipinski definition) is 4. The van der Waals surface area contributed by atoms with Gasteiger partial charge in [0.25, 0.3) is 11.5 Å². The van der Waals surface area contributed by atoms with E-state index >= 15 is 0 Å². The van der Waals surface area contributed by atoms with Crippen molar-refractivity contribution in [1.29, 1.82) is 0 Å². The van der Waals surface area contributed by atoms with E-state index in [4.69, 9.17) is 0 Å². The van der Waals surface area contributed by atoms with Crippen molar-refractivity contribution in [2.75, 3.05) is 13.1 Å². The van der Waals surface area contributed by atoms with Crippen LogP contribution in [0.3, 0.4) is 0 Å². The van der Waals surface area contributed by atoms with Crippen LogP contribution in [0.25, 0.3) is 0 Å². The Morgan fingerprint density at radius 1 is 1.37 bits per heavy atom. The number of hydrogen-bond donors (Lipinski definition) is 2. The van der Waals surface area contributed by atoms with Crippen molar-refractivity contribution in [3.05, 3.63) is 32.6 Å². The molecule has 0 saturated carbocycles. The molecule has 7 heteroatoms. The van der Waals surface area contributed by atoms with Gasteiger partial charge in [-0.25, -0.2) is 4.79 Å². The fourth-order valence-electron chi connectivity index (χ4n) is 2.22. The fraction of sp³-hybridized carbons (Fsp3) is 0.583. The largest absolute Gasteiger partial charge is 0.333 e. The first-order valence-corrected chi connectivity index (χ1v) is 6.26. The predicted octanol–water partition coefficient (Wildman–Crippen LogP) is -1.10. The van der Waals surface area contributed by atoms with Crippen molar-refractivity contribution in [3.8, 4) is 0 Å². The molecule has 0 bridgehead atoms. The van der Waals surface area contributed by atoms with E-state index in [-0.39, 0.29) is 23.6 Å². The first kappa shape index (κ1) is 13.5. The molecule has 1 aliphatic rings. The summed E-state index contributed by atoms with van der Waals surface area (Å²) in [6.07, 6.45) is 1.20. The second kappa shape index (κ2) is 5.00. The van der Waals surface area contributed by atoms with Gasteiger partial charge < -0.3 is 15.2 Å². The van der Waals surface area contributed by atoms with Gasteiger partial charge >= 0.3 is 5.69 Å². The Bertz CT molecular complexity index is 604. The quantitative estimate of drug-likeness (QED) is 0.675. The van der Waals surface area contributed by atoms with E-state index in [9.17, 15) is 14.4 Å². The molecule has 7 nitrogen and oxygen atoms in total. The molecule has 0 aromatic carbocycles. The lowest BCUT2D eigenvalue weighted by Gasteiger charge is -2.38. The molecule has 0 spiro atoms. The fourth-order valence-corrected chi connectivity index (χ4v) is 2.22. The van der Waals surface area contributed by atoms with Gasteiger partial charge in [0.1, 0.15) is 5.56 Å². The highest BCUT2D eigenvalue weighted by atomic mass is 16.2. The Balaban J connectivity index is 2.37. The van der Waals surface area contributed by atoms with Gasteiger partial charge in [-0.1, -0.05) is 0 Å². The van der Waals surface area contributed by atoms with Gasteiger partial charge in [-0.3, -0.25) is 14.2 Å². The second-order valence-corrected chi connectivity index (χ2v) is 4.85. The molecule has 19 heavy (non-hydrogen) atoms. The predicted molar refractivity (Wildman–Crippen MR) is 70.3 cm³/mol. The zero-order valence-electron chi connectivity index (χ0n) is 11.3. The Morgan fingerprint density at radius 2 is 2.05 bits per heavy atom. The normalized spacial score (nSPS) is 23.4. The summed E-state index contributed by atoms with van der Waals surface area (Å²) in [5.41, 5.74) is -1.08. The molecule has 1 saturated heterocycles. The van der Waals surface area contributed by atoms with Crippen LogP contribution in [0.5, 0.6) is 0 Å². The van der Waals surface area contributed by atoms with Crippen LogP contribution >= 0.6 is 0 Å². The molecule has 1 amide bonds. The van der Waals surface area contributed by atoms with Gasteiger partial charge in [0.2, 0.25) is 0 Å². The van der Waals surface area contributed by atoms with Gasteiger partial charge in [0, 0.05) is 38.4 Å². The van der Waals surface area contributed by atoms with Crippen LogP contribution in [0.1, 0.15) is 24.2 Å². The minimum Gasteiger partial charge on any atom is -0.333 e. The monoisotopic (exact) mass is 266 g/mol. The van der Waals surface area contributed by atoms with Crippen LogP contribution < -0.4 is 16.6 Å². The number of amides is 1. The molecule has 104 valence electrons. The summed E-state index contributed by atoms with van der Waals surface area (Å²) >= 11 is 0. The second-order valence-electron chi connectivity index (χ2n) is 4.85. The minimum atomic E-state index is -0.563. The van der Waals surface area contributed by atoms with Crippen LogP contribution in [-0.4, -0.2) is 45.5 Å². The molecule has 1 aliphatic heterocycles. The van der Waals surface area contributed by atoms with Crippen molar-refractivity contribution in [3.63, 3.8) is 0 Å². The third-order valence-corrected chi connectivity index (χ3v) is 3.71. The molecular formula is C12H18N4O3. The van der Waals surface area contributed by atoms with E-state index < -0.39 is 11.2 Å². The van der Waals surface area contributed by atoms with Gasteiger partial charge in [0.05, 0.1) is 0 Å². The van der Waals surface area contributed by atoms with Crippen molar-refractivity contribution in [2.45, 2.75) is 25.9 Å². The molecule has 1 aromatic rings. The third-order valence-electron chi connectivity index (χ3n) is 3.71. The lowest BCUT2D eigenvalue weighted by molar-refractivity contribution is 0.0600. The molecule has 2 heterocycles. The Morgan fingerprint density at radius 3 is 2.74 bits per heavy atom. The first-order valence-electron chi connectivity index (χ1n) is 6.26. The summed E-state index contributed by atoms with van der Waals surface area (Å²) in [5, 5.41) is 3.27. The average Bonchev–Trinajstić information content (AvgIpc) is 2.39. The number of aromatic amines is 1. The highest BCUT2D eigenvalue weighted by Gasteiger charge is 2.30. The number of nitrogens with zero attached hydrogens (tertiary/aromatic N) is 2. The summed E-state index contributed by atoms with van der Waals surface area (Å²) < 4.78 is 0.906. The van der Waals surface area contributed by atoms with Crippen molar-refractivity contribution in [1.82, 2.24) is 19.8 Å². The van der Waals surface area contributed by atoms with Gasteiger partial charge in [-0.15, -0.1) is 0 Å². The van der Waals surface area contributed by atoms with E-state index in [1.165, 1.54) is 13.2 Å². The lowest BCUT2D eigenvalue weighted by atomic mass is 10.1. The standard InChI is InChI=1S/C12H18N4O3/c1-7-8(2)16(5-4-13-7)11(18)9-6-14-12(19)15(3)10(9)17/h6-8,13H,4-5H2,1-3H3,(H,14,19). The maximum atomic E-state index is 12.4. The molecule has 0 aliphatic carbocycles. The maximum absolute atomic E-state index is 12.4. The number of H-pyrrole nitrogens is 1. The summed E-state index contributed by atoms with van der Waals surface area (Å²) in [6.45, 7) is 5.17. The average molecular weight is 266 g/mol. The Hall–Kier alpha value is -1.89. The van der Waals surface area contributed by atoms with E-state index in [2.05, 4.69) is 10.3 Å². The molecule has 2 N–H and O–H groups in total. The Kier molecular flexibility index (Phi) is 3.57. The number of piperazine rings is 1. The van der Waals surface area contributed by atoms with Crippen LogP contribution in [0.4, 0.5) is 0 Å². The summed E-state index contributed by atoms with van der Waals surface area (Å²) in [6, 6.07) is 0.169. The molecule has 2 atom stereocenters. The van der Waals surface area contributed by atoms with Crippen molar-refractivity contribution in [2.24, 2.45) is 7.05 Å². The molecule has 0 radical (unpaired) electrons. The zero-order valence-corrected chi connectivity index (χ0v) is 11.3. The maximum Gasteiger partial charge on any atom is 0.328 e. The summed E-state index contributed by atoms with van der Waals surface area (Å²) in [5.74, 6) is -0.335. The number of carbonyl (C=O) groups excluding carboxylic acids is 1.